The lowest BCUT2D eigenvalue weighted by atomic mass is 9.96. The molecule has 2 saturated heterocycles. The summed E-state index contributed by atoms with van der Waals surface area (Å²) in [5.74, 6) is -0.124. The van der Waals surface area contributed by atoms with Crippen LogP contribution in [-0.4, -0.2) is 52.4 Å². The van der Waals surface area contributed by atoms with Gasteiger partial charge in [0.2, 0.25) is 0 Å². The van der Waals surface area contributed by atoms with Crippen molar-refractivity contribution in [1.82, 2.24) is 5.32 Å². The topological polar surface area (TPSA) is 75.7 Å². The number of nitrogens with zero attached hydrogens (tertiary/aromatic N) is 1. The van der Waals surface area contributed by atoms with Crippen molar-refractivity contribution in [3.63, 3.8) is 0 Å². The fraction of sp³-hybridized carbons (Fsp3) is 0.632. The van der Waals surface area contributed by atoms with Gasteiger partial charge >= 0.3 is 5.97 Å². The van der Waals surface area contributed by atoms with E-state index in [0.29, 0.717) is 24.3 Å². The monoisotopic (exact) mass is 380 g/mol. The SMILES string of the molecule is CCOC(=O)C1CCN(c2ccc(S(=O)(=O)C3CCNCC3)cc2)CC1. The number of ether oxygens (including phenoxy) is 1. The standard InChI is InChI=1S/C19H28N2O4S/c1-2-25-19(22)15-9-13-21(14-10-15)16-3-5-17(6-4-16)26(23,24)18-7-11-20-12-8-18/h3-6,15,18,20H,2,7-14H2,1H3. The van der Waals surface area contributed by atoms with Crippen LogP contribution in [0.2, 0.25) is 0 Å². The molecule has 1 aromatic carbocycles. The van der Waals surface area contributed by atoms with E-state index in [1.165, 1.54) is 0 Å². The molecule has 0 unspecified atom stereocenters. The van der Waals surface area contributed by atoms with Crippen molar-refractivity contribution in [3.8, 4) is 0 Å². The minimum absolute atomic E-state index is 0.0224. The fourth-order valence-corrected chi connectivity index (χ4v) is 5.53. The first-order valence-corrected chi connectivity index (χ1v) is 11.0. The largest absolute Gasteiger partial charge is 0.466 e. The predicted molar refractivity (Wildman–Crippen MR) is 101 cm³/mol. The molecule has 2 aliphatic heterocycles. The zero-order chi connectivity index (χ0) is 18.6. The van der Waals surface area contributed by atoms with E-state index < -0.39 is 9.84 Å². The summed E-state index contributed by atoms with van der Waals surface area (Å²) in [5, 5.41) is 2.92. The highest BCUT2D eigenvalue weighted by Gasteiger charge is 2.29. The maximum absolute atomic E-state index is 12.8. The van der Waals surface area contributed by atoms with E-state index in [1.807, 2.05) is 19.1 Å². The highest BCUT2D eigenvalue weighted by molar-refractivity contribution is 7.92. The molecule has 0 radical (unpaired) electrons. The van der Waals surface area contributed by atoms with Crippen LogP contribution in [0.15, 0.2) is 29.2 Å². The molecule has 1 N–H and O–H groups in total. The van der Waals surface area contributed by atoms with Crippen molar-refractivity contribution in [2.24, 2.45) is 5.92 Å². The van der Waals surface area contributed by atoms with Crippen molar-refractivity contribution < 1.29 is 17.9 Å². The Labute approximate surface area is 155 Å². The van der Waals surface area contributed by atoms with E-state index in [-0.39, 0.29) is 17.1 Å². The van der Waals surface area contributed by atoms with Crippen molar-refractivity contribution >= 4 is 21.5 Å². The number of benzene rings is 1. The van der Waals surface area contributed by atoms with Crippen LogP contribution in [0.1, 0.15) is 32.6 Å². The van der Waals surface area contributed by atoms with Gasteiger partial charge in [0.1, 0.15) is 0 Å². The molecule has 26 heavy (non-hydrogen) atoms. The number of anilines is 1. The zero-order valence-electron chi connectivity index (χ0n) is 15.3. The summed E-state index contributed by atoms with van der Waals surface area (Å²) in [6.07, 6.45) is 2.89. The molecule has 0 aliphatic carbocycles. The molecule has 2 heterocycles. The summed E-state index contributed by atoms with van der Waals surface area (Å²) in [4.78, 5) is 14.5. The minimum Gasteiger partial charge on any atom is -0.466 e. The first-order valence-electron chi connectivity index (χ1n) is 9.48. The Morgan fingerprint density at radius 3 is 2.31 bits per heavy atom. The summed E-state index contributed by atoms with van der Waals surface area (Å²) in [6.45, 7) is 5.33. The van der Waals surface area contributed by atoms with Crippen LogP contribution < -0.4 is 10.2 Å². The second-order valence-electron chi connectivity index (χ2n) is 7.00. The van der Waals surface area contributed by atoms with Crippen LogP contribution in [0, 0.1) is 5.92 Å². The van der Waals surface area contributed by atoms with Crippen molar-refractivity contribution in [2.45, 2.75) is 42.8 Å². The predicted octanol–water partition coefficient (Wildman–Crippen LogP) is 1.99. The van der Waals surface area contributed by atoms with Crippen LogP contribution in [0.5, 0.6) is 0 Å². The fourth-order valence-electron chi connectivity index (χ4n) is 3.78. The Hall–Kier alpha value is -1.60. The number of hydrogen-bond donors (Lipinski definition) is 1. The van der Waals surface area contributed by atoms with Gasteiger partial charge in [-0.15, -0.1) is 0 Å². The lowest BCUT2D eigenvalue weighted by molar-refractivity contribution is -0.148. The highest BCUT2D eigenvalue weighted by atomic mass is 32.2. The third kappa shape index (κ3) is 4.20. The maximum atomic E-state index is 12.8. The molecule has 1 aromatic rings. The number of sulfone groups is 1. The molecule has 2 fully saturated rings. The molecule has 7 heteroatoms. The van der Waals surface area contributed by atoms with Crippen LogP contribution in [0.4, 0.5) is 5.69 Å². The van der Waals surface area contributed by atoms with E-state index >= 15 is 0 Å². The average Bonchev–Trinajstić information content (AvgIpc) is 2.69. The van der Waals surface area contributed by atoms with Gasteiger partial charge in [0.25, 0.3) is 0 Å². The Morgan fingerprint density at radius 2 is 1.73 bits per heavy atom. The van der Waals surface area contributed by atoms with E-state index in [0.717, 1.165) is 44.7 Å². The van der Waals surface area contributed by atoms with Gasteiger partial charge in [0.05, 0.1) is 22.7 Å². The molecule has 6 nitrogen and oxygen atoms in total. The first-order chi connectivity index (χ1) is 12.5. The van der Waals surface area contributed by atoms with Crippen LogP contribution in [0.25, 0.3) is 0 Å². The second-order valence-corrected chi connectivity index (χ2v) is 9.23. The first kappa shape index (κ1) is 19.2. The highest BCUT2D eigenvalue weighted by Crippen LogP contribution is 2.27. The Kier molecular flexibility index (Phi) is 6.19. The molecule has 0 bridgehead atoms. The number of carbonyl (C=O) groups excluding carboxylic acids is 1. The van der Waals surface area contributed by atoms with Crippen molar-refractivity contribution in [2.75, 3.05) is 37.7 Å². The minimum atomic E-state index is -3.26. The molecule has 0 aromatic heterocycles. The Morgan fingerprint density at radius 1 is 1.12 bits per heavy atom. The Balaban J connectivity index is 1.62. The van der Waals surface area contributed by atoms with Crippen LogP contribution in [-0.2, 0) is 19.4 Å². The summed E-state index contributed by atoms with van der Waals surface area (Å²) < 4.78 is 30.6. The molecule has 0 atom stereocenters. The van der Waals surface area contributed by atoms with Gasteiger partial charge in [-0.1, -0.05) is 0 Å². The van der Waals surface area contributed by atoms with Gasteiger partial charge in [0, 0.05) is 18.8 Å². The molecular weight excluding hydrogens is 352 g/mol. The molecule has 0 amide bonds. The summed E-state index contributed by atoms with van der Waals surface area (Å²) in [6, 6.07) is 7.23. The molecule has 0 spiro atoms. The Bertz CT molecular complexity index is 704. The van der Waals surface area contributed by atoms with Crippen molar-refractivity contribution in [3.05, 3.63) is 24.3 Å². The summed E-state index contributed by atoms with van der Waals surface area (Å²) >= 11 is 0. The number of rotatable bonds is 5. The third-order valence-corrected chi connectivity index (χ3v) is 7.65. The number of esters is 1. The smallest absolute Gasteiger partial charge is 0.309 e. The normalized spacial score (nSPS) is 20.1. The van der Waals surface area contributed by atoms with Gasteiger partial charge in [-0.3, -0.25) is 4.79 Å². The molecular formula is C19H28N2O4S. The van der Waals surface area contributed by atoms with E-state index in [1.54, 1.807) is 12.1 Å². The zero-order valence-corrected chi connectivity index (χ0v) is 16.1. The third-order valence-electron chi connectivity index (χ3n) is 5.37. The second kappa shape index (κ2) is 8.39. The number of piperidine rings is 2. The van der Waals surface area contributed by atoms with Crippen LogP contribution in [0.3, 0.4) is 0 Å². The van der Waals surface area contributed by atoms with Crippen LogP contribution >= 0.6 is 0 Å². The van der Waals surface area contributed by atoms with Gasteiger partial charge in [-0.2, -0.15) is 0 Å². The van der Waals surface area contributed by atoms with Gasteiger partial charge < -0.3 is 15.0 Å². The van der Waals surface area contributed by atoms with Gasteiger partial charge in [-0.05, 0) is 70.0 Å². The summed E-state index contributed by atoms with van der Waals surface area (Å²) in [7, 11) is -3.26. The molecule has 0 saturated carbocycles. The molecule has 2 aliphatic rings. The average molecular weight is 381 g/mol. The maximum Gasteiger partial charge on any atom is 0.309 e. The quantitative estimate of drug-likeness (QED) is 0.788. The molecule has 144 valence electrons. The van der Waals surface area contributed by atoms with E-state index in [9.17, 15) is 13.2 Å². The number of nitrogens with one attached hydrogen (secondary N) is 1. The van der Waals surface area contributed by atoms with E-state index in [4.69, 9.17) is 4.74 Å². The molecule has 3 rings (SSSR count). The van der Waals surface area contributed by atoms with E-state index in [2.05, 4.69) is 10.2 Å². The van der Waals surface area contributed by atoms with Crippen molar-refractivity contribution in [1.29, 1.82) is 0 Å². The van der Waals surface area contributed by atoms with Gasteiger partial charge in [0.15, 0.2) is 9.84 Å². The van der Waals surface area contributed by atoms with Gasteiger partial charge in [-0.25, -0.2) is 8.42 Å². The lowest BCUT2D eigenvalue weighted by Gasteiger charge is -2.32. The number of hydrogen-bond acceptors (Lipinski definition) is 6. The lowest BCUT2D eigenvalue weighted by Crippen LogP contribution is -2.37. The summed E-state index contributed by atoms with van der Waals surface area (Å²) in [5.41, 5.74) is 1.01. The number of carbonyl (C=O) groups is 1.